The van der Waals surface area contributed by atoms with Gasteiger partial charge in [-0.15, -0.1) is 0 Å². The van der Waals surface area contributed by atoms with E-state index in [4.69, 9.17) is 17.4 Å². The SMILES string of the molecule is C=CC(=O)OCCC[Si](OCC)(O[SiH2]C=C(C)C)O[SiH2]C=C(C)C. The van der Waals surface area contributed by atoms with Gasteiger partial charge in [-0.1, -0.05) is 29.1 Å². The predicted octanol–water partition coefficient (Wildman–Crippen LogP) is 2.13. The molecule has 0 spiro atoms. The normalized spacial score (nSPS) is 13.9. The topological polar surface area (TPSA) is 54.0 Å². The van der Waals surface area contributed by atoms with Crippen molar-refractivity contribution < 1.29 is 22.2 Å². The van der Waals surface area contributed by atoms with Gasteiger partial charge in [0.25, 0.3) is 0 Å². The zero-order valence-electron chi connectivity index (χ0n) is 15.7. The van der Waals surface area contributed by atoms with Gasteiger partial charge in [0, 0.05) is 18.7 Å². The number of hydrogen-bond acceptors (Lipinski definition) is 5. The molecule has 0 heterocycles. The minimum absolute atomic E-state index is 0.327. The van der Waals surface area contributed by atoms with E-state index >= 15 is 0 Å². The fourth-order valence-electron chi connectivity index (χ4n) is 1.75. The lowest BCUT2D eigenvalue weighted by atomic mass is 10.4. The molecule has 0 aliphatic rings. The van der Waals surface area contributed by atoms with Crippen LogP contribution in [0.3, 0.4) is 0 Å². The van der Waals surface area contributed by atoms with E-state index in [1.54, 1.807) is 0 Å². The van der Waals surface area contributed by atoms with Crippen LogP contribution in [0.2, 0.25) is 6.04 Å². The Morgan fingerprint density at radius 2 is 1.62 bits per heavy atom. The van der Waals surface area contributed by atoms with Gasteiger partial charge in [0.15, 0.2) is 19.5 Å². The molecule has 5 nitrogen and oxygen atoms in total. The molecule has 0 aromatic heterocycles. The molecule has 24 heavy (non-hydrogen) atoms. The summed E-state index contributed by atoms with van der Waals surface area (Å²) in [5.41, 5.74) is 6.82. The van der Waals surface area contributed by atoms with E-state index in [1.165, 1.54) is 17.2 Å². The minimum atomic E-state index is -2.69. The van der Waals surface area contributed by atoms with Gasteiger partial charge in [-0.2, -0.15) is 0 Å². The van der Waals surface area contributed by atoms with Gasteiger partial charge >= 0.3 is 14.8 Å². The molecule has 0 atom stereocenters. The third-order valence-electron chi connectivity index (χ3n) is 2.99. The van der Waals surface area contributed by atoms with Crippen LogP contribution in [0.25, 0.3) is 0 Å². The van der Waals surface area contributed by atoms with Crippen LogP contribution in [-0.4, -0.2) is 47.5 Å². The Morgan fingerprint density at radius 1 is 1.08 bits per heavy atom. The Morgan fingerprint density at radius 3 is 2.04 bits per heavy atom. The molecule has 138 valence electrons. The standard InChI is InChI=1S/C16H32O5Si3/c1-7-16(17)18-10-9-11-24(19-8-2,20-22-12-14(3)4)21-23-13-15(5)6/h7,12-13H,1,8-11,22-23H2,2-6H3. The summed E-state index contributed by atoms with van der Waals surface area (Å²) in [5, 5.41) is 0. The highest BCUT2D eigenvalue weighted by molar-refractivity contribution is 6.71. The number of carbonyl (C=O) groups is 1. The molecule has 0 amide bonds. The summed E-state index contributed by atoms with van der Waals surface area (Å²) >= 11 is 0. The molecule has 0 radical (unpaired) electrons. The number of carbonyl (C=O) groups excluding carboxylic acids is 1. The maximum absolute atomic E-state index is 11.1. The van der Waals surface area contributed by atoms with Crippen LogP contribution in [0, 0.1) is 0 Å². The van der Waals surface area contributed by atoms with Gasteiger partial charge in [0.1, 0.15) is 0 Å². The summed E-state index contributed by atoms with van der Waals surface area (Å²) in [6.07, 6.45) is 1.84. The second-order valence-electron chi connectivity index (χ2n) is 5.78. The molecular weight excluding hydrogens is 356 g/mol. The van der Waals surface area contributed by atoms with E-state index in [0.717, 1.165) is 0 Å². The molecule has 0 saturated heterocycles. The fraction of sp³-hybridized carbons (Fsp3) is 0.562. The van der Waals surface area contributed by atoms with Crippen molar-refractivity contribution in [2.75, 3.05) is 13.2 Å². The highest BCUT2D eigenvalue weighted by Gasteiger charge is 2.39. The zero-order valence-corrected chi connectivity index (χ0v) is 19.6. The summed E-state index contributed by atoms with van der Waals surface area (Å²) in [7, 11) is -4.36. The van der Waals surface area contributed by atoms with E-state index in [-0.39, 0.29) is 0 Å². The second-order valence-corrected chi connectivity index (χ2v) is 11.7. The summed E-state index contributed by atoms with van der Waals surface area (Å²) in [4.78, 5) is 11.1. The lowest BCUT2D eigenvalue weighted by Crippen LogP contribution is -2.47. The monoisotopic (exact) mass is 388 g/mol. The first-order valence-corrected chi connectivity index (χ1v) is 13.0. The number of ether oxygens (including phenoxy) is 1. The summed E-state index contributed by atoms with van der Waals surface area (Å²) in [6, 6.07) is 0.665. The average molecular weight is 389 g/mol. The van der Waals surface area contributed by atoms with Crippen molar-refractivity contribution >= 4 is 34.3 Å². The first-order chi connectivity index (χ1) is 11.3. The molecule has 0 rings (SSSR count). The summed E-state index contributed by atoms with van der Waals surface area (Å²) < 4.78 is 23.4. The van der Waals surface area contributed by atoms with Crippen LogP contribution in [0.1, 0.15) is 41.0 Å². The van der Waals surface area contributed by atoms with Gasteiger partial charge in [-0.25, -0.2) is 4.79 Å². The van der Waals surface area contributed by atoms with Crippen LogP contribution >= 0.6 is 0 Å². The van der Waals surface area contributed by atoms with Crippen molar-refractivity contribution in [3.05, 3.63) is 35.2 Å². The maximum Gasteiger partial charge on any atom is 0.479 e. The number of esters is 1. The predicted molar refractivity (Wildman–Crippen MR) is 106 cm³/mol. The third kappa shape index (κ3) is 11.7. The fourth-order valence-corrected chi connectivity index (χ4v) is 9.18. The molecule has 0 fully saturated rings. The van der Waals surface area contributed by atoms with Crippen LogP contribution < -0.4 is 0 Å². The highest BCUT2D eigenvalue weighted by Crippen LogP contribution is 2.18. The van der Waals surface area contributed by atoms with Crippen molar-refractivity contribution in [3.8, 4) is 0 Å². The minimum Gasteiger partial charge on any atom is -0.463 e. The average Bonchev–Trinajstić information content (AvgIpc) is 2.50. The number of hydrogen-bond donors (Lipinski definition) is 0. The molecule has 0 bridgehead atoms. The molecule has 0 N–H and O–H groups in total. The zero-order chi connectivity index (χ0) is 18.4. The quantitative estimate of drug-likeness (QED) is 0.209. The molecule has 0 aliphatic carbocycles. The summed E-state index contributed by atoms with van der Waals surface area (Å²) in [6.45, 7) is 14.5. The number of allylic oxidation sites excluding steroid dienone is 2. The van der Waals surface area contributed by atoms with E-state index in [1.807, 2.05) is 6.92 Å². The van der Waals surface area contributed by atoms with Crippen molar-refractivity contribution in [1.82, 2.24) is 0 Å². The van der Waals surface area contributed by atoms with Gasteiger partial charge in [0.2, 0.25) is 0 Å². The molecule has 0 aromatic rings. The smallest absolute Gasteiger partial charge is 0.463 e. The second kappa shape index (κ2) is 13.5. The molecule has 0 aliphatic heterocycles. The van der Waals surface area contributed by atoms with Crippen LogP contribution in [0.15, 0.2) is 35.2 Å². The van der Waals surface area contributed by atoms with Gasteiger partial charge in [-0.3, -0.25) is 0 Å². The lowest BCUT2D eigenvalue weighted by Gasteiger charge is -2.29. The highest BCUT2D eigenvalue weighted by atomic mass is 28.4. The van der Waals surface area contributed by atoms with Crippen molar-refractivity contribution in [2.24, 2.45) is 0 Å². The van der Waals surface area contributed by atoms with Crippen molar-refractivity contribution in [2.45, 2.75) is 47.1 Å². The molecule has 0 aromatic carbocycles. The van der Waals surface area contributed by atoms with Crippen molar-refractivity contribution in [3.63, 3.8) is 0 Å². The van der Waals surface area contributed by atoms with Crippen LogP contribution in [0.5, 0.6) is 0 Å². The van der Waals surface area contributed by atoms with E-state index in [0.29, 0.717) is 25.7 Å². The van der Waals surface area contributed by atoms with Gasteiger partial charge < -0.3 is 17.4 Å². The van der Waals surface area contributed by atoms with Crippen LogP contribution in [-0.2, 0) is 22.2 Å². The Balaban J connectivity index is 4.82. The molecule has 8 heteroatoms. The summed E-state index contributed by atoms with van der Waals surface area (Å²) in [5.74, 6) is -0.404. The first kappa shape index (κ1) is 23.2. The Bertz CT molecular complexity index is 419. The van der Waals surface area contributed by atoms with E-state index < -0.39 is 34.3 Å². The Labute approximate surface area is 152 Å². The lowest BCUT2D eigenvalue weighted by molar-refractivity contribution is -0.137. The largest absolute Gasteiger partial charge is 0.479 e. The maximum atomic E-state index is 11.1. The van der Waals surface area contributed by atoms with E-state index in [9.17, 15) is 4.79 Å². The Kier molecular flexibility index (Phi) is 13.1. The first-order valence-electron chi connectivity index (χ1n) is 8.33. The Hall–Kier alpha value is -0.779. The van der Waals surface area contributed by atoms with Crippen molar-refractivity contribution in [1.29, 1.82) is 0 Å². The molecule has 0 saturated carbocycles. The van der Waals surface area contributed by atoms with E-state index in [2.05, 4.69) is 45.7 Å². The number of rotatable bonds is 13. The third-order valence-corrected chi connectivity index (χ3v) is 11.5. The van der Waals surface area contributed by atoms with Gasteiger partial charge in [0.05, 0.1) is 6.61 Å². The van der Waals surface area contributed by atoms with Gasteiger partial charge in [-0.05, 0) is 41.0 Å². The molecular formula is C16H32O5Si3. The van der Waals surface area contributed by atoms with Crippen LogP contribution in [0.4, 0.5) is 0 Å². The molecule has 0 unspecified atom stereocenters.